The standard InChI is InChI=1S/C15H12F3N5O5S2/c1-22-11(15(16,17)18)6-13(25)23(14(22)26)7-2-3-10-8(4-7)9(20-29-10)5-12(24)21-30(19,27)28/h2-4,6H,5H2,1H3,(H,21,24)(H2,19,27,28). The Bertz CT molecular complexity index is 1390. The number of halogens is 3. The first-order chi connectivity index (χ1) is 13.8. The Morgan fingerprint density at radius 3 is 2.53 bits per heavy atom. The normalized spacial score (nSPS) is 12.3. The van der Waals surface area contributed by atoms with Crippen molar-refractivity contribution in [3.05, 3.63) is 56.5 Å². The maximum Gasteiger partial charge on any atom is 0.431 e. The fraction of sp³-hybridized carbons (Fsp3) is 0.200. The van der Waals surface area contributed by atoms with E-state index in [2.05, 4.69) is 4.37 Å². The summed E-state index contributed by atoms with van der Waals surface area (Å²) >= 11 is 0.965. The van der Waals surface area contributed by atoms with Crippen molar-refractivity contribution >= 4 is 37.7 Å². The van der Waals surface area contributed by atoms with Crippen LogP contribution >= 0.6 is 11.5 Å². The maximum absolute atomic E-state index is 13.0. The fourth-order valence-electron chi connectivity index (χ4n) is 2.73. The Morgan fingerprint density at radius 1 is 1.27 bits per heavy atom. The first kappa shape index (κ1) is 21.7. The molecule has 0 aliphatic heterocycles. The lowest BCUT2D eigenvalue weighted by Gasteiger charge is -2.14. The van der Waals surface area contributed by atoms with Crippen molar-refractivity contribution in [3.8, 4) is 5.69 Å². The van der Waals surface area contributed by atoms with Crippen LogP contribution in [0.3, 0.4) is 0 Å². The number of rotatable bonds is 4. The molecule has 0 bridgehead atoms. The largest absolute Gasteiger partial charge is 0.431 e. The van der Waals surface area contributed by atoms with Crippen LogP contribution in [-0.4, -0.2) is 27.8 Å². The highest BCUT2D eigenvalue weighted by molar-refractivity contribution is 7.87. The number of hydrogen-bond donors (Lipinski definition) is 2. The van der Waals surface area contributed by atoms with E-state index in [1.165, 1.54) is 18.2 Å². The van der Waals surface area contributed by atoms with Gasteiger partial charge < -0.3 is 0 Å². The van der Waals surface area contributed by atoms with Gasteiger partial charge in [-0.15, -0.1) is 0 Å². The molecule has 3 N–H and O–H groups in total. The Kier molecular flexibility index (Phi) is 5.30. The van der Waals surface area contributed by atoms with Gasteiger partial charge in [0.2, 0.25) is 5.91 Å². The lowest BCUT2D eigenvalue weighted by atomic mass is 10.1. The van der Waals surface area contributed by atoms with Crippen LogP contribution in [-0.2, 0) is 34.6 Å². The van der Waals surface area contributed by atoms with Gasteiger partial charge in [-0.25, -0.2) is 19.2 Å². The monoisotopic (exact) mass is 463 g/mol. The van der Waals surface area contributed by atoms with Crippen LogP contribution in [0.4, 0.5) is 13.2 Å². The van der Waals surface area contributed by atoms with Gasteiger partial charge in [0.1, 0.15) is 5.69 Å². The van der Waals surface area contributed by atoms with Gasteiger partial charge in [-0.3, -0.25) is 14.2 Å². The van der Waals surface area contributed by atoms with Crippen molar-refractivity contribution in [2.24, 2.45) is 12.2 Å². The summed E-state index contributed by atoms with van der Waals surface area (Å²) in [5.41, 5.74) is -3.72. The van der Waals surface area contributed by atoms with E-state index in [0.717, 1.165) is 18.6 Å². The summed E-state index contributed by atoms with van der Waals surface area (Å²) in [7, 11) is -3.38. The number of carbonyl (C=O) groups is 1. The highest BCUT2D eigenvalue weighted by atomic mass is 32.2. The average Bonchev–Trinajstić information content (AvgIpc) is 2.98. The summed E-state index contributed by atoms with van der Waals surface area (Å²) in [6, 6.07) is 4.41. The Balaban J connectivity index is 2.11. The molecule has 30 heavy (non-hydrogen) atoms. The van der Waals surface area contributed by atoms with E-state index in [9.17, 15) is 36.0 Å². The van der Waals surface area contributed by atoms with E-state index in [4.69, 9.17) is 5.14 Å². The SMILES string of the molecule is Cn1c(C(F)(F)F)cc(=O)n(-c2ccc3snc(CC(=O)NS(N)(=O)=O)c3c2)c1=O. The number of amides is 1. The summed E-state index contributed by atoms with van der Waals surface area (Å²) in [6.45, 7) is 0. The molecule has 3 rings (SSSR count). The molecule has 1 aromatic carbocycles. The van der Waals surface area contributed by atoms with Gasteiger partial charge >= 0.3 is 11.9 Å². The van der Waals surface area contributed by atoms with Gasteiger partial charge in [0.05, 0.1) is 22.5 Å². The molecule has 0 saturated heterocycles. The number of benzene rings is 1. The number of aromatic nitrogens is 3. The molecule has 0 atom stereocenters. The molecule has 2 aromatic heterocycles. The van der Waals surface area contributed by atoms with Crippen LogP contribution in [0.1, 0.15) is 11.4 Å². The van der Waals surface area contributed by atoms with E-state index in [0.29, 0.717) is 25.3 Å². The molecule has 15 heteroatoms. The zero-order chi connectivity index (χ0) is 22.4. The topological polar surface area (TPSA) is 146 Å². The van der Waals surface area contributed by atoms with Gasteiger partial charge in [0.15, 0.2) is 0 Å². The number of nitrogens with one attached hydrogen (secondary N) is 1. The summed E-state index contributed by atoms with van der Waals surface area (Å²) in [5, 5.41) is 5.05. The molecule has 1 amide bonds. The molecule has 2 heterocycles. The predicted octanol–water partition coefficient (Wildman–Crippen LogP) is 0.0269. The van der Waals surface area contributed by atoms with Crippen molar-refractivity contribution in [3.63, 3.8) is 0 Å². The van der Waals surface area contributed by atoms with E-state index >= 15 is 0 Å². The van der Waals surface area contributed by atoms with Gasteiger partial charge in [0.25, 0.3) is 15.8 Å². The van der Waals surface area contributed by atoms with Crippen LogP contribution in [0.2, 0.25) is 0 Å². The van der Waals surface area contributed by atoms with Crippen LogP contribution in [0.25, 0.3) is 15.8 Å². The molecule has 0 fully saturated rings. The quantitative estimate of drug-likeness (QED) is 0.558. The van der Waals surface area contributed by atoms with Crippen molar-refractivity contribution in [2.45, 2.75) is 12.6 Å². The highest BCUT2D eigenvalue weighted by Gasteiger charge is 2.35. The van der Waals surface area contributed by atoms with Crippen LogP contribution in [0, 0.1) is 0 Å². The molecule has 0 saturated carbocycles. The lowest BCUT2D eigenvalue weighted by Crippen LogP contribution is -2.40. The third-order valence-corrected chi connectivity index (χ3v) is 5.36. The molecule has 160 valence electrons. The summed E-state index contributed by atoms with van der Waals surface area (Å²) in [4.78, 5) is 36.5. The van der Waals surface area contributed by atoms with Gasteiger partial charge in [0, 0.05) is 18.5 Å². The van der Waals surface area contributed by atoms with Crippen molar-refractivity contribution in [1.29, 1.82) is 0 Å². The van der Waals surface area contributed by atoms with Crippen LogP contribution in [0.5, 0.6) is 0 Å². The number of hydrogen-bond acceptors (Lipinski definition) is 7. The highest BCUT2D eigenvalue weighted by Crippen LogP contribution is 2.28. The van der Waals surface area contributed by atoms with E-state index in [-0.39, 0.29) is 11.4 Å². The van der Waals surface area contributed by atoms with E-state index in [1.54, 1.807) is 4.72 Å². The van der Waals surface area contributed by atoms with Gasteiger partial charge in [-0.05, 0) is 29.7 Å². The molecule has 10 nitrogen and oxygen atoms in total. The molecule has 3 aromatic rings. The van der Waals surface area contributed by atoms with Crippen molar-refractivity contribution in [2.75, 3.05) is 0 Å². The summed E-state index contributed by atoms with van der Waals surface area (Å²) < 4.78 is 67.9. The minimum Gasteiger partial charge on any atom is -0.292 e. The molecular weight excluding hydrogens is 451 g/mol. The number of nitrogens with zero attached hydrogens (tertiary/aromatic N) is 3. The summed E-state index contributed by atoms with van der Waals surface area (Å²) in [5.74, 6) is -0.960. The summed E-state index contributed by atoms with van der Waals surface area (Å²) in [6.07, 6.45) is -5.36. The van der Waals surface area contributed by atoms with Gasteiger partial charge in [-0.1, -0.05) is 0 Å². The Hall–Kier alpha value is -3.04. The zero-order valence-electron chi connectivity index (χ0n) is 14.9. The molecule has 0 aliphatic carbocycles. The van der Waals surface area contributed by atoms with Crippen molar-refractivity contribution in [1.82, 2.24) is 18.2 Å². The average molecular weight is 463 g/mol. The third-order valence-electron chi connectivity index (χ3n) is 3.98. The molecule has 0 radical (unpaired) electrons. The third kappa shape index (κ3) is 4.27. The minimum atomic E-state index is -4.89. The van der Waals surface area contributed by atoms with Gasteiger partial charge in [-0.2, -0.15) is 26.0 Å². The minimum absolute atomic E-state index is 0.0462. The number of fused-ring (bicyclic) bond motifs is 1. The molecule has 0 spiro atoms. The Morgan fingerprint density at radius 2 is 1.93 bits per heavy atom. The maximum atomic E-state index is 13.0. The van der Waals surface area contributed by atoms with Crippen LogP contribution < -0.4 is 21.1 Å². The lowest BCUT2D eigenvalue weighted by molar-refractivity contribution is -0.144. The molecule has 0 unspecified atom stereocenters. The van der Waals surface area contributed by atoms with Crippen molar-refractivity contribution < 1.29 is 26.4 Å². The van der Waals surface area contributed by atoms with E-state index < -0.39 is 45.7 Å². The zero-order valence-corrected chi connectivity index (χ0v) is 16.6. The van der Waals surface area contributed by atoms with E-state index in [1.807, 2.05) is 0 Å². The first-order valence-electron chi connectivity index (χ1n) is 7.90. The second-order valence-corrected chi connectivity index (χ2v) is 8.20. The number of alkyl halides is 3. The molecule has 0 aliphatic rings. The fourth-order valence-corrected chi connectivity index (χ4v) is 3.89. The smallest absolute Gasteiger partial charge is 0.292 e. The first-order valence-corrected chi connectivity index (χ1v) is 10.2. The van der Waals surface area contributed by atoms with Crippen LogP contribution in [0.15, 0.2) is 33.9 Å². The second kappa shape index (κ2) is 7.33. The predicted molar refractivity (Wildman–Crippen MR) is 100 cm³/mol. The molecular formula is C15H12F3N5O5S2. The second-order valence-electron chi connectivity index (χ2n) is 6.10. The number of carbonyl (C=O) groups excluding carboxylic acids is 1. The Labute approximate surface area is 169 Å². The number of nitrogens with two attached hydrogens (primary N) is 1.